The highest BCUT2D eigenvalue weighted by atomic mass is 16.5. The quantitative estimate of drug-likeness (QED) is 0.843. The van der Waals surface area contributed by atoms with Crippen LogP contribution in [-0.4, -0.2) is 49.3 Å². The largest absolute Gasteiger partial charge is 0.381 e. The molecule has 0 amide bonds. The van der Waals surface area contributed by atoms with Gasteiger partial charge in [-0.25, -0.2) is 0 Å². The first-order valence-corrected chi connectivity index (χ1v) is 9.43. The molecule has 2 aliphatic heterocycles. The van der Waals surface area contributed by atoms with E-state index >= 15 is 0 Å². The van der Waals surface area contributed by atoms with Crippen LogP contribution >= 0.6 is 0 Å². The van der Waals surface area contributed by atoms with Gasteiger partial charge in [-0.1, -0.05) is 26.2 Å². The lowest BCUT2D eigenvalue weighted by molar-refractivity contribution is -0.0150. The highest BCUT2D eigenvalue weighted by Gasteiger charge is 2.48. The predicted molar refractivity (Wildman–Crippen MR) is 87.6 cm³/mol. The molecule has 3 aliphatic rings. The maximum atomic E-state index is 5.63. The van der Waals surface area contributed by atoms with Crippen LogP contribution in [0.15, 0.2) is 0 Å². The zero-order chi connectivity index (χ0) is 14.5. The molecule has 0 aromatic heterocycles. The highest BCUT2D eigenvalue weighted by molar-refractivity contribution is 5.06. The Morgan fingerprint density at radius 2 is 1.71 bits per heavy atom. The second-order valence-corrected chi connectivity index (χ2v) is 7.34. The van der Waals surface area contributed by atoms with E-state index in [1.807, 2.05) is 0 Å². The van der Waals surface area contributed by atoms with E-state index in [0.717, 1.165) is 25.7 Å². The van der Waals surface area contributed by atoms with Gasteiger partial charge in [-0.2, -0.15) is 0 Å². The van der Waals surface area contributed by atoms with Crippen molar-refractivity contribution < 1.29 is 4.74 Å². The lowest BCUT2D eigenvalue weighted by Gasteiger charge is -2.51. The van der Waals surface area contributed by atoms with Crippen molar-refractivity contribution in [2.45, 2.75) is 76.3 Å². The Morgan fingerprint density at radius 1 is 1.05 bits per heavy atom. The smallest absolute Gasteiger partial charge is 0.0469 e. The number of hydrogen-bond acceptors (Lipinski definition) is 3. The SMILES string of the molecule is CCNC(C1CCOCC1)C1(N2CCCCC2)CCCC1. The molecule has 1 atom stereocenters. The van der Waals surface area contributed by atoms with Crippen LogP contribution in [-0.2, 0) is 4.74 Å². The summed E-state index contributed by atoms with van der Waals surface area (Å²) in [6, 6.07) is 0.687. The van der Waals surface area contributed by atoms with E-state index in [9.17, 15) is 0 Å². The lowest BCUT2D eigenvalue weighted by atomic mass is 9.75. The third-order valence-corrected chi connectivity index (χ3v) is 6.20. The van der Waals surface area contributed by atoms with E-state index in [-0.39, 0.29) is 0 Å². The Labute approximate surface area is 130 Å². The molecule has 3 nitrogen and oxygen atoms in total. The molecular weight excluding hydrogens is 260 g/mol. The number of rotatable bonds is 5. The molecule has 122 valence electrons. The van der Waals surface area contributed by atoms with Crippen LogP contribution in [0.3, 0.4) is 0 Å². The summed E-state index contributed by atoms with van der Waals surface area (Å²) in [5.41, 5.74) is 0.457. The lowest BCUT2D eigenvalue weighted by Crippen LogP contribution is -2.64. The van der Waals surface area contributed by atoms with Crippen molar-refractivity contribution in [3.05, 3.63) is 0 Å². The zero-order valence-corrected chi connectivity index (χ0v) is 13.9. The van der Waals surface area contributed by atoms with Crippen LogP contribution in [0, 0.1) is 5.92 Å². The summed E-state index contributed by atoms with van der Waals surface area (Å²) in [5, 5.41) is 3.94. The van der Waals surface area contributed by atoms with Gasteiger partial charge in [0.2, 0.25) is 0 Å². The van der Waals surface area contributed by atoms with E-state index < -0.39 is 0 Å². The normalized spacial score (nSPS) is 29.6. The van der Waals surface area contributed by atoms with Crippen LogP contribution in [0.2, 0.25) is 0 Å². The van der Waals surface area contributed by atoms with Gasteiger partial charge < -0.3 is 10.1 Å². The van der Waals surface area contributed by atoms with Crippen LogP contribution < -0.4 is 5.32 Å². The average Bonchev–Trinajstić information content (AvgIpc) is 3.05. The van der Waals surface area contributed by atoms with Crippen molar-refractivity contribution in [1.82, 2.24) is 10.2 Å². The van der Waals surface area contributed by atoms with Gasteiger partial charge in [0, 0.05) is 24.8 Å². The van der Waals surface area contributed by atoms with Gasteiger partial charge in [0.25, 0.3) is 0 Å². The van der Waals surface area contributed by atoms with Crippen molar-refractivity contribution in [2.75, 3.05) is 32.8 Å². The van der Waals surface area contributed by atoms with E-state index in [1.54, 1.807) is 0 Å². The Bertz CT molecular complexity index is 302. The first kappa shape index (κ1) is 15.8. The monoisotopic (exact) mass is 294 g/mol. The molecule has 0 bridgehead atoms. The van der Waals surface area contributed by atoms with Crippen LogP contribution in [0.1, 0.15) is 64.7 Å². The number of nitrogens with zero attached hydrogens (tertiary/aromatic N) is 1. The van der Waals surface area contributed by atoms with Gasteiger partial charge in [-0.3, -0.25) is 4.90 Å². The molecule has 1 unspecified atom stereocenters. The molecule has 3 rings (SSSR count). The molecule has 3 fully saturated rings. The summed E-state index contributed by atoms with van der Waals surface area (Å²) >= 11 is 0. The highest BCUT2D eigenvalue weighted by Crippen LogP contribution is 2.43. The van der Waals surface area contributed by atoms with Gasteiger partial charge in [-0.15, -0.1) is 0 Å². The minimum Gasteiger partial charge on any atom is -0.381 e. The maximum Gasteiger partial charge on any atom is 0.0469 e. The van der Waals surface area contributed by atoms with Crippen LogP contribution in [0.25, 0.3) is 0 Å². The molecule has 0 aromatic carbocycles. The number of nitrogens with one attached hydrogen (secondary N) is 1. The number of likely N-dealkylation sites (tertiary alicyclic amines) is 1. The average molecular weight is 294 g/mol. The summed E-state index contributed by atoms with van der Waals surface area (Å²) in [7, 11) is 0. The van der Waals surface area contributed by atoms with Gasteiger partial charge in [0.05, 0.1) is 0 Å². The molecular formula is C18H34N2O. The summed E-state index contributed by atoms with van der Waals surface area (Å²) in [4.78, 5) is 2.90. The molecule has 21 heavy (non-hydrogen) atoms. The van der Waals surface area contributed by atoms with Crippen molar-refractivity contribution in [3.8, 4) is 0 Å². The van der Waals surface area contributed by atoms with E-state index in [0.29, 0.717) is 11.6 Å². The summed E-state index contributed by atoms with van der Waals surface area (Å²) in [6.07, 6.45) is 12.5. The minimum atomic E-state index is 0.457. The van der Waals surface area contributed by atoms with Gasteiger partial charge in [-0.05, 0) is 64.1 Å². The molecule has 2 heterocycles. The van der Waals surface area contributed by atoms with E-state index in [4.69, 9.17) is 4.74 Å². The van der Waals surface area contributed by atoms with Gasteiger partial charge in [0.15, 0.2) is 0 Å². The third kappa shape index (κ3) is 3.30. The van der Waals surface area contributed by atoms with Crippen molar-refractivity contribution in [2.24, 2.45) is 5.92 Å². The van der Waals surface area contributed by atoms with Crippen molar-refractivity contribution >= 4 is 0 Å². The molecule has 0 radical (unpaired) electrons. The van der Waals surface area contributed by atoms with Crippen molar-refractivity contribution in [3.63, 3.8) is 0 Å². The van der Waals surface area contributed by atoms with Gasteiger partial charge in [0.1, 0.15) is 0 Å². The molecule has 1 aliphatic carbocycles. The summed E-state index contributed by atoms with van der Waals surface area (Å²) < 4.78 is 5.63. The topological polar surface area (TPSA) is 24.5 Å². The molecule has 3 heteroatoms. The molecule has 0 spiro atoms. The Balaban J connectivity index is 1.80. The molecule has 2 saturated heterocycles. The third-order valence-electron chi connectivity index (χ3n) is 6.20. The fourth-order valence-electron chi connectivity index (χ4n) is 5.21. The minimum absolute atomic E-state index is 0.457. The van der Waals surface area contributed by atoms with Crippen LogP contribution in [0.4, 0.5) is 0 Å². The second-order valence-electron chi connectivity index (χ2n) is 7.34. The Morgan fingerprint density at radius 3 is 2.33 bits per heavy atom. The number of hydrogen-bond donors (Lipinski definition) is 1. The predicted octanol–water partition coefficient (Wildman–Crippen LogP) is 3.19. The molecule has 0 aromatic rings. The second kappa shape index (κ2) is 7.43. The zero-order valence-electron chi connectivity index (χ0n) is 13.9. The maximum absolute atomic E-state index is 5.63. The fourth-order valence-corrected chi connectivity index (χ4v) is 5.21. The number of piperidine rings is 1. The standard InChI is InChI=1S/C18H34N2O/c1-2-19-17(16-8-14-21-15-9-16)18(10-4-5-11-18)20-12-6-3-7-13-20/h16-17,19H,2-15H2,1H3. The van der Waals surface area contributed by atoms with Crippen molar-refractivity contribution in [1.29, 1.82) is 0 Å². The van der Waals surface area contributed by atoms with Crippen LogP contribution in [0.5, 0.6) is 0 Å². The van der Waals surface area contributed by atoms with Gasteiger partial charge >= 0.3 is 0 Å². The first-order chi connectivity index (χ1) is 10.4. The number of likely N-dealkylation sites (N-methyl/N-ethyl adjacent to an activating group) is 1. The Kier molecular flexibility index (Phi) is 5.58. The number of ether oxygens (including phenoxy) is 1. The molecule has 1 saturated carbocycles. The van der Waals surface area contributed by atoms with E-state index in [2.05, 4.69) is 17.1 Å². The first-order valence-electron chi connectivity index (χ1n) is 9.43. The summed E-state index contributed by atoms with van der Waals surface area (Å²) in [5.74, 6) is 0.818. The Hall–Kier alpha value is -0.120. The molecule has 1 N–H and O–H groups in total. The van der Waals surface area contributed by atoms with E-state index in [1.165, 1.54) is 70.9 Å². The fraction of sp³-hybridized carbons (Fsp3) is 1.00. The summed E-state index contributed by atoms with van der Waals surface area (Å²) in [6.45, 7) is 8.02.